The zero-order valence-corrected chi connectivity index (χ0v) is 11.2. The van der Waals surface area contributed by atoms with Gasteiger partial charge in [0.1, 0.15) is 17.5 Å². The van der Waals surface area contributed by atoms with Crippen molar-refractivity contribution in [2.45, 2.75) is 45.1 Å². The van der Waals surface area contributed by atoms with Crippen molar-refractivity contribution in [2.75, 3.05) is 0 Å². The Hall–Kier alpha value is -1.98. The minimum atomic E-state index is -0.818. The molecule has 1 aliphatic rings. The summed E-state index contributed by atoms with van der Waals surface area (Å²) < 4.78 is 19.2. The van der Waals surface area contributed by atoms with Crippen molar-refractivity contribution in [3.05, 3.63) is 39.2 Å². The zero-order valence-electron chi connectivity index (χ0n) is 11.2. The second kappa shape index (κ2) is 5.98. The average molecular weight is 281 g/mol. The predicted molar refractivity (Wildman–Crippen MR) is 70.1 cm³/mol. The van der Waals surface area contributed by atoms with Gasteiger partial charge in [0.25, 0.3) is 5.69 Å². The number of benzene rings is 1. The van der Waals surface area contributed by atoms with Crippen molar-refractivity contribution >= 4 is 11.7 Å². The highest BCUT2D eigenvalue weighted by Gasteiger charge is 2.24. The molecule has 1 aromatic carbocycles. The summed E-state index contributed by atoms with van der Waals surface area (Å²) in [6.07, 6.45) is 4.39. The molecule has 0 aliphatic heterocycles. The van der Waals surface area contributed by atoms with Crippen molar-refractivity contribution in [1.82, 2.24) is 0 Å². The third-order valence-corrected chi connectivity index (χ3v) is 3.50. The first-order valence-corrected chi connectivity index (χ1v) is 6.64. The predicted octanol–water partition coefficient (Wildman–Crippen LogP) is 3.53. The maximum absolute atomic E-state index is 13.9. The highest BCUT2D eigenvalue weighted by Crippen LogP contribution is 2.25. The van der Waals surface area contributed by atoms with Crippen LogP contribution in [0.1, 0.15) is 48.0 Å². The molecule has 1 aromatic rings. The molecule has 0 bridgehead atoms. The Balaban J connectivity index is 2.21. The number of halogens is 1. The number of nitro benzene ring substituents is 1. The molecule has 108 valence electrons. The lowest BCUT2D eigenvalue weighted by Gasteiger charge is -2.21. The second-order valence-electron chi connectivity index (χ2n) is 5.05. The largest absolute Gasteiger partial charge is 0.459 e. The van der Waals surface area contributed by atoms with Gasteiger partial charge in [-0.15, -0.1) is 0 Å². The van der Waals surface area contributed by atoms with Crippen molar-refractivity contribution in [1.29, 1.82) is 0 Å². The summed E-state index contributed by atoms with van der Waals surface area (Å²) in [5, 5.41) is 10.8. The smallest absolute Gasteiger partial charge is 0.341 e. The lowest BCUT2D eigenvalue weighted by molar-refractivity contribution is -0.385. The van der Waals surface area contributed by atoms with Crippen molar-refractivity contribution in [2.24, 2.45) is 0 Å². The molecule has 0 saturated heterocycles. The SMILES string of the molecule is Cc1cc([N+](=O)[O-])cc(C(=O)OC2CCCCC2)c1F. The molecular weight excluding hydrogens is 265 g/mol. The third-order valence-electron chi connectivity index (χ3n) is 3.50. The van der Waals surface area contributed by atoms with Crippen LogP contribution in [0.15, 0.2) is 12.1 Å². The summed E-state index contributed by atoms with van der Waals surface area (Å²) in [6.45, 7) is 1.39. The first-order chi connectivity index (χ1) is 9.49. The molecule has 1 saturated carbocycles. The van der Waals surface area contributed by atoms with E-state index in [-0.39, 0.29) is 22.9 Å². The molecule has 5 nitrogen and oxygen atoms in total. The summed E-state index contributed by atoms with van der Waals surface area (Å²) in [6, 6.07) is 2.04. The number of carbonyl (C=O) groups is 1. The van der Waals surface area contributed by atoms with Gasteiger partial charge in [-0.05, 0) is 38.2 Å². The minimum Gasteiger partial charge on any atom is -0.459 e. The first kappa shape index (κ1) is 14.4. The fraction of sp³-hybridized carbons (Fsp3) is 0.500. The van der Waals surface area contributed by atoms with Gasteiger partial charge in [-0.1, -0.05) is 6.42 Å². The normalized spacial score (nSPS) is 15.9. The number of hydrogen-bond donors (Lipinski definition) is 0. The first-order valence-electron chi connectivity index (χ1n) is 6.64. The topological polar surface area (TPSA) is 69.4 Å². The number of nitro groups is 1. The van der Waals surface area contributed by atoms with Gasteiger partial charge in [0, 0.05) is 12.1 Å². The molecule has 0 atom stereocenters. The van der Waals surface area contributed by atoms with Crippen LogP contribution in [0.3, 0.4) is 0 Å². The van der Waals surface area contributed by atoms with Crippen molar-refractivity contribution in [3.63, 3.8) is 0 Å². The van der Waals surface area contributed by atoms with E-state index in [1.165, 1.54) is 6.92 Å². The Kier molecular flexibility index (Phi) is 4.32. The van der Waals surface area contributed by atoms with E-state index < -0.39 is 16.7 Å². The number of hydrogen-bond acceptors (Lipinski definition) is 4. The van der Waals surface area contributed by atoms with Crippen LogP contribution in [0.5, 0.6) is 0 Å². The molecule has 2 rings (SSSR count). The van der Waals surface area contributed by atoms with Crippen LogP contribution in [0.25, 0.3) is 0 Å². The van der Waals surface area contributed by atoms with Crippen molar-refractivity contribution in [3.8, 4) is 0 Å². The van der Waals surface area contributed by atoms with Gasteiger partial charge in [-0.25, -0.2) is 9.18 Å². The van der Waals surface area contributed by atoms with Crippen LogP contribution in [0.2, 0.25) is 0 Å². The van der Waals surface area contributed by atoms with E-state index in [1.54, 1.807) is 0 Å². The summed E-state index contributed by atoms with van der Waals surface area (Å²) in [5.74, 6) is -1.57. The van der Waals surface area contributed by atoms with Crippen LogP contribution in [-0.4, -0.2) is 17.0 Å². The van der Waals surface area contributed by atoms with Gasteiger partial charge >= 0.3 is 5.97 Å². The van der Waals surface area contributed by atoms with Crippen LogP contribution in [0.4, 0.5) is 10.1 Å². The third kappa shape index (κ3) is 3.12. The van der Waals surface area contributed by atoms with Crippen LogP contribution in [-0.2, 0) is 4.74 Å². The number of esters is 1. The van der Waals surface area contributed by atoms with Gasteiger partial charge in [0.15, 0.2) is 0 Å². The van der Waals surface area contributed by atoms with Crippen LogP contribution < -0.4 is 0 Å². The molecule has 0 aromatic heterocycles. The number of carbonyl (C=O) groups excluding carboxylic acids is 1. The molecule has 0 amide bonds. The number of aryl methyl sites for hydroxylation is 1. The highest BCUT2D eigenvalue weighted by molar-refractivity contribution is 5.91. The molecular formula is C14H16FNO4. The van der Waals surface area contributed by atoms with E-state index in [4.69, 9.17) is 4.74 Å². The Labute approximate surface area is 115 Å². The number of ether oxygens (including phenoxy) is 1. The van der Waals surface area contributed by atoms with Gasteiger partial charge in [0.2, 0.25) is 0 Å². The Morgan fingerprint density at radius 1 is 1.35 bits per heavy atom. The second-order valence-corrected chi connectivity index (χ2v) is 5.05. The van der Waals surface area contributed by atoms with E-state index in [0.717, 1.165) is 44.2 Å². The summed E-state index contributed by atoms with van der Waals surface area (Å²) in [7, 11) is 0. The quantitative estimate of drug-likeness (QED) is 0.483. The van der Waals surface area contributed by atoms with E-state index in [2.05, 4.69) is 0 Å². The zero-order chi connectivity index (χ0) is 14.7. The Bertz CT molecular complexity index is 538. The molecule has 0 unspecified atom stereocenters. The van der Waals surface area contributed by atoms with Gasteiger partial charge in [-0.3, -0.25) is 10.1 Å². The number of rotatable bonds is 3. The molecule has 20 heavy (non-hydrogen) atoms. The Morgan fingerprint density at radius 2 is 2.00 bits per heavy atom. The molecule has 0 N–H and O–H groups in total. The van der Waals surface area contributed by atoms with Gasteiger partial charge in [0.05, 0.1) is 4.92 Å². The van der Waals surface area contributed by atoms with Crippen LogP contribution in [0, 0.1) is 22.9 Å². The number of non-ortho nitro benzene ring substituents is 1. The summed E-state index contributed by atoms with van der Waals surface area (Å²) in [4.78, 5) is 22.1. The fourth-order valence-electron chi connectivity index (χ4n) is 2.40. The Morgan fingerprint density at radius 3 is 2.60 bits per heavy atom. The molecule has 0 spiro atoms. The monoisotopic (exact) mass is 281 g/mol. The van der Waals surface area contributed by atoms with Gasteiger partial charge in [-0.2, -0.15) is 0 Å². The molecule has 6 heteroatoms. The van der Waals surface area contributed by atoms with Crippen LogP contribution >= 0.6 is 0 Å². The molecule has 1 fully saturated rings. The lowest BCUT2D eigenvalue weighted by Crippen LogP contribution is -2.21. The lowest BCUT2D eigenvalue weighted by atomic mass is 9.98. The molecule has 0 radical (unpaired) electrons. The van der Waals surface area contributed by atoms with E-state index in [9.17, 15) is 19.3 Å². The van der Waals surface area contributed by atoms with E-state index in [0.29, 0.717) is 0 Å². The van der Waals surface area contributed by atoms with Crippen molar-refractivity contribution < 1.29 is 18.8 Å². The summed E-state index contributed by atoms with van der Waals surface area (Å²) >= 11 is 0. The summed E-state index contributed by atoms with van der Waals surface area (Å²) in [5.41, 5.74) is -0.600. The average Bonchev–Trinajstić information content (AvgIpc) is 2.42. The molecule has 0 heterocycles. The standard InChI is InChI=1S/C14H16FNO4/c1-9-7-10(16(18)19)8-12(13(9)15)14(17)20-11-5-3-2-4-6-11/h7-8,11H,2-6H2,1H3. The van der Waals surface area contributed by atoms with Gasteiger partial charge < -0.3 is 4.74 Å². The maximum Gasteiger partial charge on any atom is 0.341 e. The number of nitrogens with zero attached hydrogens (tertiary/aromatic N) is 1. The maximum atomic E-state index is 13.9. The van der Waals surface area contributed by atoms with E-state index >= 15 is 0 Å². The molecule has 1 aliphatic carbocycles. The highest BCUT2D eigenvalue weighted by atomic mass is 19.1. The van der Waals surface area contributed by atoms with E-state index in [1.807, 2.05) is 0 Å². The minimum absolute atomic E-state index is 0.0646. The fourth-order valence-corrected chi connectivity index (χ4v) is 2.40.